The van der Waals surface area contributed by atoms with Gasteiger partial charge in [-0.05, 0) is 42.8 Å². The van der Waals surface area contributed by atoms with Gasteiger partial charge in [-0.3, -0.25) is 0 Å². The molecule has 0 aliphatic rings. The maximum absolute atomic E-state index is 5.92. The number of hydrogen-bond donors (Lipinski definition) is 1. The molecule has 0 bridgehead atoms. The third kappa shape index (κ3) is 2.28. The molecule has 0 atom stereocenters. The molecule has 2 aromatic carbocycles. The lowest BCUT2D eigenvalue weighted by Crippen LogP contribution is -2.02. The summed E-state index contributed by atoms with van der Waals surface area (Å²) in [5.41, 5.74) is 8.66. The average molecular weight is 267 g/mol. The molecule has 0 spiro atoms. The van der Waals surface area contributed by atoms with Crippen molar-refractivity contribution < 1.29 is 9.15 Å². The van der Waals surface area contributed by atoms with Crippen LogP contribution in [0.15, 0.2) is 52.9 Å². The Labute approximate surface area is 118 Å². The van der Waals surface area contributed by atoms with Crippen LogP contribution in [0.3, 0.4) is 0 Å². The fourth-order valence-electron chi connectivity index (χ4n) is 2.38. The molecule has 1 heterocycles. The van der Waals surface area contributed by atoms with Crippen molar-refractivity contribution >= 4 is 11.0 Å². The van der Waals surface area contributed by atoms with Crippen LogP contribution in [0, 0.1) is 0 Å². The molecule has 0 aliphatic heterocycles. The van der Waals surface area contributed by atoms with Gasteiger partial charge in [-0.15, -0.1) is 0 Å². The van der Waals surface area contributed by atoms with Gasteiger partial charge < -0.3 is 14.9 Å². The Morgan fingerprint density at radius 1 is 1.10 bits per heavy atom. The SMILES string of the molecule is COc1ccc(CCN)cc1-c1cc2ccccc2o1. The first-order chi connectivity index (χ1) is 9.81. The Bertz CT molecular complexity index is 698. The number of para-hydroxylation sites is 1. The molecule has 0 unspecified atom stereocenters. The van der Waals surface area contributed by atoms with Crippen molar-refractivity contribution in [1.82, 2.24) is 0 Å². The molecule has 0 aliphatic carbocycles. The fraction of sp³-hybridized carbons (Fsp3) is 0.176. The summed E-state index contributed by atoms with van der Waals surface area (Å²) in [5.74, 6) is 1.63. The van der Waals surface area contributed by atoms with Crippen LogP contribution in [0.25, 0.3) is 22.3 Å². The minimum atomic E-state index is 0.631. The van der Waals surface area contributed by atoms with E-state index in [9.17, 15) is 0 Å². The van der Waals surface area contributed by atoms with Gasteiger partial charge >= 0.3 is 0 Å². The second-order valence-electron chi connectivity index (χ2n) is 4.72. The fourth-order valence-corrected chi connectivity index (χ4v) is 2.38. The van der Waals surface area contributed by atoms with E-state index in [4.69, 9.17) is 14.9 Å². The predicted molar refractivity (Wildman–Crippen MR) is 81.0 cm³/mol. The summed E-state index contributed by atoms with van der Waals surface area (Å²) in [7, 11) is 1.67. The number of fused-ring (bicyclic) bond motifs is 1. The molecule has 102 valence electrons. The number of rotatable bonds is 4. The lowest BCUT2D eigenvalue weighted by atomic mass is 10.0. The van der Waals surface area contributed by atoms with Crippen LogP contribution in [0.5, 0.6) is 5.75 Å². The Morgan fingerprint density at radius 2 is 1.95 bits per heavy atom. The van der Waals surface area contributed by atoms with Gasteiger partial charge in [0.1, 0.15) is 17.1 Å². The van der Waals surface area contributed by atoms with Crippen molar-refractivity contribution in [2.24, 2.45) is 5.73 Å². The molecule has 2 N–H and O–H groups in total. The van der Waals surface area contributed by atoms with E-state index in [1.54, 1.807) is 7.11 Å². The summed E-state index contributed by atoms with van der Waals surface area (Å²) in [6.45, 7) is 0.631. The molecule has 0 saturated heterocycles. The zero-order valence-corrected chi connectivity index (χ0v) is 11.4. The Kier molecular flexibility index (Phi) is 3.44. The number of furan rings is 1. The highest BCUT2D eigenvalue weighted by molar-refractivity contribution is 5.84. The van der Waals surface area contributed by atoms with Crippen LogP contribution in [-0.2, 0) is 6.42 Å². The van der Waals surface area contributed by atoms with Crippen LogP contribution >= 0.6 is 0 Å². The van der Waals surface area contributed by atoms with E-state index < -0.39 is 0 Å². The maximum Gasteiger partial charge on any atom is 0.139 e. The highest BCUT2D eigenvalue weighted by Crippen LogP contribution is 2.34. The van der Waals surface area contributed by atoms with Crippen molar-refractivity contribution in [2.75, 3.05) is 13.7 Å². The summed E-state index contributed by atoms with van der Waals surface area (Å²) >= 11 is 0. The van der Waals surface area contributed by atoms with Crippen LogP contribution < -0.4 is 10.5 Å². The van der Waals surface area contributed by atoms with Crippen LogP contribution in [0.1, 0.15) is 5.56 Å². The molecule has 0 saturated carbocycles. The van der Waals surface area contributed by atoms with Gasteiger partial charge in [0.15, 0.2) is 0 Å². The van der Waals surface area contributed by atoms with E-state index in [1.807, 2.05) is 42.5 Å². The van der Waals surface area contributed by atoms with Crippen molar-refractivity contribution in [1.29, 1.82) is 0 Å². The van der Waals surface area contributed by atoms with E-state index in [-0.39, 0.29) is 0 Å². The van der Waals surface area contributed by atoms with E-state index in [0.29, 0.717) is 6.54 Å². The highest BCUT2D eigenvalue weighted by Gasteiger charge is 2.12. The molecule has 0 radical (unpaired) electrons. The third-order valence-corrected chi connectivity index (χ3v) is 3.39. The summed E-state index contributed by atoms with van der Waals surface area (Å²) in [4.78, 5) is 0. The van der Waals surface area contributed by atoms with Crippen LogP contribution in [0.4, 0.5) is 0 Å². The average Bonchev–Trinajstić information content (AvgIpc) is 2.91. The summed E-state index contributed by atoms with van der Waals surface area (Å²) in [6, 6.07) is 16.1. The second kappa shape index (κ2) is 5.39. The monoisotopic (exact) mass is 267 g/mol. The number of ether oxygens (including phenoxy) is 1. The third-order valence-electron chi connectivity index (χ3n) is 3.39. The van der Waals surface area contributed by atoms with Gasteiger partial charge in [-0.25, -0.2) is 0 Å². The normalized spacial score (nSPS) is 10.9. The minimum absolute atomic E-state index is 0.631. The maximum atomic E-state index is 5.92. The Balaban J connectivity index is 2.13. The van der Waals surface area contributed by atoms with Crippen LogP contribution in [-0.4, -0.2) is 13.7 Å². The standard InChI is InChI=1S/C17H17NO2/c1-19-16-7-6-12(8-9-18)10-14(16)17-11-13-4-2-3-5-15(13)20-17/h2-7,10-11H,8-9,18H2,1H3. The summed E-state index contributed by atoms with van der Waals surface area (Å²) < 4.78 is 11.4. The lowest BCUT2D eigenvalue weighted by Gasteiger charge is -2.08. The molecule has 1 aromatic heterocycles. The quantitative estimate of drug-likeness (QED) is 0.785. The van der Waals surface area contributed by atoms with Gasteiger partial charge in [-0.2, -0.15) is 0 Å². The number of benzene rings is 2. The molecule has 3 heteroatoms. The number of methoxy groups -OCH3 is 1. The van der Waals surface area contributed by atoms with Gasteiger partial charge in [-0.1, -0.05) is 24.3 Å². The zero-order chi connectivity index (χ0) is 13.9. The molecular weight excluding hydrogens is 250 g/mol. The molecule has 0 amide bonds. The van der Waals surface area contributed by atoms with Crippen LogP contribution in [0.2, 0.25) is 0 Å². The summed E-state index contributed by atoms with van der Waals surface area (Å²) in [6.07, 6.45) is 0.844. The molecular formula is C17H17NO2. The molecule has 3 nitrogen and oxygen atoms in total. The first-order valence-electron chi connectivity index (χ1n) is 6.68. The molecule has 0 fully saturated rings. The highest BCUT2D eigenvalue weighted by atomic mass is 16.5. The van der Waals surface area contributed by atoms with E-state index in [2.05, 4.69) is 6.07 Å². The smallest absolute Gasteiger partial charge is 0.139 e. The topological polar surface area (TPSA) is 48.4 Å². The number of hydrogen-bond acceptors (Lipinski definition) is 3. The van der Waals surface area contributed by atoms with Crippen molar-refractivity contribution in [2.45, 2.75) is 6.42 Å². The van der Waals surface area contributed by atoms with Gasteiger partial charge in [0, 0.05) is 5.39 Å². The molecule has 3 aromatic rings. The van der Waals surface area contributed by atoms with Crippen molar-refractivity contribution in [3.05, 3.63) is 54.1 Å². The largest absolute Gasteiger partial charge is 0.496 e. The van der Waals surface area contributed by atoms with Gasteiger partial charge in [0.25, 0.3) is 0 Å². The van der Waals surface area contributed by atoms with Crippen molar-refractivity contribution in [3.63, 3.8) is 0 Å². The minimum Gasteiger partial charge on any atom is -0.496 e. The summed E-state index contributed by atoms with van der Waals surface area (Å²) in [5, 5.41) is 1.09. The second-order valence-corrected chi connectivity index (χ2v) is 4.72. The van der Waals surface area contributed by atoms with Crippen molar-refractivity contribution in [3.8, 4) is 17.1 Å². The Morgan fingerprint density at radius 3 is 2.70 bits per heavy atom. The van der Waals surface area contributed by atoms with E-state index in [1.165, 1.54) is 5.56 Å². The molecule has 3 rings (SSSR count). The molecule has 20 heavy (non-hydrogen) atoms. The van der Waals surface area contributed by atoms with E-state index in [0.717, 1.165) is 34.5 Å². The van der Waals surface area contributed by atoms with Gasteiger partial charge in [0.2, 0.25) is 0 Å². The Hall–Kier alpha value is -2.26. The first kappa shape index (κ1) is 12.8. The number of nitrogens with two attached hydrogens (primary N) is 1. The zero-order valence-electron chi connectivity index (χ0n) is 11.4. The predicted octanol–water partition coefficient (Wildman–Crippen LogP) is 3.61. The van der Waals surface area contributed by atoms with Gasteiger partial charge in [0.05, 0.1) is 12.7 Å². The lowest BCUT2D eigenvalue weighted by molar-refractivity contribution is 0.415. The van der Waals surface area contributed by atoms with E-state index >= 15 is 0 Å². The first-order valence-corrected chi connectivity index (χ1v) is 6.68.